The standard InChI is InChI=1S/C12H18ClNO2/c1-10(2)8-15-5-6-16-9-11-3-4-12(13)14-7-11/h3-4,7,10H,5-6,8-9H2,1-2H3. The minimum atomic E-state index is 0.504. The van der Waals surface area contributed by atoms with Crippen molar-refractivity contribution in [3.05, 3.63) is 29.0 Å². The smallest absolute Gasteiger partial charge is 0.129 e. The zero-order valence-electron chi connectivity index (χ0n) is 9.78. The Bertz CT molecular complexity index is 288. The predicted molar refractivity (Wildman–Crippen MR) is 64.6 cm³/mol. The highest BCUT2D eigenvalue weighted by Crippen LogP contribution is 2.06. The molecule has 0 saturated carbocycles. The summed E-state index contributed by atoms with van der Waals surface area (Å²) in [6.45, 7) is 6.83. The summed E-state index contributed by atoms with van der Waals surface area (Å²) in [4.78, 5) is 3.97. The van der Waals surface area contributed by atoms with Gasteiger partial charge in [-0.3, -0.25) is 0 Å². The van der Waals surface area contributed by atoms with Crippen LogP contribution in [-0.4, -0.2) is 24.8 Å². The van der Waals surface area contributed by atoms with Gasteiger partial charge in [-0.05, 0) is 17.5 Å². The first-order valence-corrected chi connectivity index (χ1v) is 5.82. The molecule has 90 valence electrons. The molecule has 0 N–H and O–H groups in total. The summed E-state index contributed by atoms with van der Waals surface area (Å²) in [6, 6.07) is 3.67. The Morgan fingerprint density at radius 3 is 2.62 bits per heavy atom. The van der Waals surface area contributed by atoms with E-state index in [1.807, 2.05) is 6.07 Å². The minimum absolute atomic E-state index is 0.504. The monoisotopic (exact) mass is 243 g/mol. The van der Waals surface area contributed by atoms with E-state index in [1.54, 1.807) is 12.3 Å². The molecular weight excluding hydrogens is 226 g/mol. The molecule has 0 aliphatic rings. The van der Waals surface area contributed by atoms with Crippen LogP contribution >= 0.6 is 11.6 Å². The molecule has 1 aromatic heterocycles. The highest BCUT2D eigenvalue weighted by Gasteiger charge is 1.96. The van der Waals surface area contributed by atoms with Crippen LogP contribution in [-0.2, 0) is 16.1 Å². The van der Waals surface area contributed by atoms with Gasteiger partial charge in [0, 0.05) is 12.8 Å². The van der Waals surface area contributed by atoms with E-state index in [4.69, 9.17) is 21.1 Å². The third-order valence-corrected chi connectivity index (χ3v) is 2.10. The molecule has 0 bridgehead atoms. The van der Waals surface area contributed by atoms with Gasteiger partial charge in [0.05, 0.1) is 19.8 Å². The van der Waals surface area contributed by atoms with Crippen LogP contribution in [0.25, 0.3) is 0 Å². The van der Waals surface area contributed by atoms with Crippen molar-refractivity contribution in [2.75, 3.05) is 19.8 Å². The summed E-state index contributed by atoms with van der Waals surface area (Å²) >= 11 is 5.67. The van der Waals surface area contributed by atoms with Crippen LogP contribution in [0, 0.1) is 5.92 Å². The molecule has 0 radical (unpaired) electrons. The molecule has 1 rings (SSSR count). The molecule has 1 heterocycles. The molecule has 1 aromatic rings. The number of nitrogens with zero attached hydrogens (tertiary/aromatic N) is 1. The molecule has 0 saturated heterocycles. The van der Waals surface area contributed by atoms with E-state index < -0.39 is 0 Å². The van der Waals surface area contributed by atoms with Crippen molar-refractivity contribution < 1.29 is 9.47 Å². The third kappa shape index (κ3) is 6.05. The van der Waals surface area contributed by atoms with Crippen molar-refractivity contribution in [3.8, 4) is 0 Å². The second-order valence-electron chi connectivity index (χ2n) is 4.01. The number of pyridine rings is 1. The van der Waals surface area contributed by atoms with Gasteiger partial charge in [0.25, 0.3) is 0 Å². The lowest BCUT2D eigenvalue weighted by Crippen LogP contribution is -2.08. The van der Waals surface area contributed by atoms with Crippen molar-refractivity contribution in [3.63, 3.8) is 0 Å². The maximum Gasteiger partial charge on any atom is 0.129 e. The van der Waals surface area contributed by atoms with Gasteiger partial charge >= 0.3 is 0 Å². The summed E-state index contributed by atoms with van der Waals surface area (Å²) in [5.41, 5.74) is 1.02. The Morgan fingerprint density at radius 2 is 2.00 bits per heavy atom. The van der Waals surface area contributed by atoms with Crippen LogP contribution in [0.4, 0.5) is 0 Å². The summed E-state index contributed by atoms with van der Waals surface area (Å²) in [5, 5.41) is 0.504. The summed E-state index contributed by atoms with van der Waals surface area (Å²) in [7, 11) is 0. The Labute approximate surface area is 102 Å². The van der Waals surface area contributed by atoms with Crippen LogP contribution in [0.3, 0.4) is 0 Å². The number of ether oxygens (including phenoxy) is 2. The fourth-order valence-corrected chi connectivity index (χ4v) is 1.23. The first-order valence-electron chi connectivity index (χ1n) is 5.44. The molecule has 0 aromatic carbocycles. The summed E-state index contributed by atoms with van der Waals surface area (Å²) in [5.74, 6) is 0.570. The number of hydrogen-bond donors (Lipinski definition) is 0. The van der Waals surface area contributed by atoms with Gasteiger partial charge in [-0.2, -0.15) is 0 Å². The van der Waals surface area contributed by atoms with E-state index in [9.17, 15) is 0 Å². The van der Waals surface area contributed by atoms with E-state index >= 15 is 0 Å². The first kappa shape index (κ1) is 13.4. The van der Waals surface area contributed by atoms with Crippen LogP contribution in [0.1, 0.15) is 19.4 Å². The van der Waals surface area contributed by atoms with Crippen LogP contribution in [0.15, 0.2) is 18.3 Å². The Balaban J connectivity index is 2.05. The topological polar surface area (TPSA) is 31.4 Å². The lowest BCUT2D eigenvalue weighted by atomic mass is 10.2. The van der Waals surface area contributed by atoms with Gasteiger partial charge in [0.1, 0.15) is 5.15 Å². The van der Waals surface area contributed by atoms with E-state index in [1.165, 1.54) is 0 Å². The molecular formula is C12H18ClNO2. The van der Waals surface area contributed by atoms with Crippen LogP contribution in [0.2, 0.25) is 5.15 Å². The normalized spacial score (nSPS) is 11.0. The van der Waals surface area contributed by atoms with Crippen LogP contribution in [0.5, 0.6) is 0 Å². The largest absolute Gasteiger partial charge is 0.379 e. The fourth-order valence-electron chi connectivity index (χ4n) is 1.12. The first-order chi connectivity index (χ1) is 7.68. The Morgan fingerprint density at radius 1 is 1.25 bits per heavy atom. The molecule has 16 heavy (non-hydrogen) atoms. The second kappa shape index (κ2) is 7.60. The Kier molecular flexibility index (Phi) is 6.38. The van der Waals surface area contributed by atoms with Gasteiger partial charge in [-0.15, -0.1) is 0 Å². The predicted octanol–water partition coefficient (Wildman–Crippen LogP) is 2.92. The second-order valence-corrected chi connectivity index (χ2v) is 4.40. The van der Waals surface area contributed by atoms with Crippen molar-refractivity contribution in [2.45, 2.75) is 20.5 Å². The van der Waals surface area contributed by atoms with Crippen molar-refractivity contribution >= 4 is 11.6 Å². The van der Waals surface area contributed by atoms with E-state index in [-0.39, 0.29) is 0 Å². The van der Waals surface area contributed by atoms with Gasteiger partial charge in [0.2, 0.25) is 0 Å². The number of rotatable bonds is 7. The maximum absolute atomic E-state index is 5.67. The van der Waals surface area contributed by atoms with Gasteiger partial charge in [-0.1, -0.05) is 31.5 Å². The van der Waals surface area contributed by atoms with Gasteiger partial charge < -0.3 is 9.47 Å². The molecule has 0 fully saturated rings. The highest BCUT2D eigenvalue weighted by atomic mass is 35.5. The highest BCUT2D eigenvalue weighted by molar-refractivity contribution is 6.29. The number of hydrogen-bond acceptors (Lipinski definition) is 3. The maximum atomic E-state index is 5.67. The lowest BCUT2D eigenvalue weighted by Gasteiger charge is -2.07. The van der Waals surface area contributed by atoms with E-state index in [0.29, 0.717) is 30.9 Å². The summed E-state index contributed by atoms with van der Waals surface area (Å²) < 4.78 is 10.8. The van der Waals surface area contributed by atoms with Crippen molar-refractivity contribution in [1.82, 2.24) is 4.98 Å². The van der Waals surface area contributed by atoms with Crippen LogP contribution < -0.4 is 0 Å². The molecule has 4 heteroatoms. The average molecular weight is 244 g/mol. The molecule has 0 unspecified atom stereocenters. The molecule has 0 aliphatic carbocycles. The molecule has 0 amide bonds. The molecule has 0 aliphatic heterocycles. The van der Waals surface area contributed by atoms with Gasteiger partial charge in [-0.25, -0.2) is 4.98 Å². The van der Waals surface area contributed by atoms with E-state index in [2.05, 4.69) is 18.8 Å². The lowest BCUT2D eigenvalue weighted by molar-refractivity contribution is 0.0314. The average Bonchev–Trinajstić information content (AvgIpc) is 2.25. The zero-order valence-corrected chi connectivity index (χ0v) is 10.5. The third-order valence-electron chi connectivity index (χ3n) is 1.88. The summed E-state index contributed by atoms with van der Waals surface area (Å²) in [6.07, 6.45) is 1.72. The zero-order chi connectivity index (χ0) is 11.8. The molecule has 0 spiro atoms. The molecule has 3 nitrogen and oxygen atoms in total. The Hall–Kier alpha value is -0.640. The van der Waals surface area contributed by atoms with E-state index in [0.717, 1.165) is 12.2 Å². The SMILES string of the molecule is CC(C)COCCOCc1ccc(Cl)nc1. The molecule has 0 atom stereocenters. The number of halogens is 1. The number of aromatic nitrogens is 1. The fraction of sp³-hybridized carbons (Fsp3) is 0.583. The quantitative estimate of drug-likeness (QED) is 0.545. The van der Waals surface area contributed by atoms with Crippen molar-refractivity contribution in [2.24, 2.45) is 5.92 Å². The van der Waals surface area contributed by atoms with Crippen molar-refractivity contribution in [1.29, 1.82) is 0 Å². The van der Waals surface area contributed by atoms with Gasteiger partial charge in [0.15, 0.2) is 0 Å². The minimum Gasteiger partial charge on any atom is -0.379 e.